The Labute approximate surface area is 108 Å². The third-order valence-corrected chi connectivity index (χ3v) is 3.58. The maximum Gasteiger partial charge on any atom is 0.278 e. The maximum absolute atomic E-state index is 5.81. The second kappa shape index (κ2) is 4.95. The van der Waals surface area contributed by atoms with E-state index in [0.29, 0.717) is 29.7 Å². The van der Waals surface area contributed by atoms with Crippen LogP contribution in [0, 0.1) is 0 Å². The average Bonchev–Trinajstić information content (AvgIpc) is 2.90. The molecule has 2 aromatic rings. The topological polar surface area (TPSA) is 87.1 Å². The van der Waals surface area contributed by atoms with E-state index in [1.807, 2.05) is 11.8 Å². The monoisotopic (exact) mass is 264 g/mol. The van der Waals surface area contributed by atoms with Crippen LogP contribution in [0.4, 0.5) is 5.69 Å². The van der Waals surface area contributed by atoms with Crippen molar-refractivity contribution in [3.05, 3.63) is 24.2 Å². The highest BCUT2D eigenvalue weighted by molar-refractivity contribution is 7.99. The largest absolute Gasteiger partial charge is 0.397 e. The van der Waals surface area contributed by atoms with Crippen LogP contribution in [0.1, 0.15) is 11.9 Å². The number of thioether (sulfide) groups is 1. The summed E-state index contributed by atoms with van der Waals surface area (Å²) in [5.41, 5.74) is 6.85. The van der Waals surface area contributed by atoms with Gasteiger partial charge in [0.15, 0.2) is 5.69 Å². The molecule has 0 bridgehead atoms. The normalized spacial score (nSPS) is 19.9. The molecule has 6 nitrogen and oxygen atoms in total. The first-order valence-electron chi connectivity index (χ1n) is 5.58. The van der Waals surface area contributed by atoms with E-state index in [2.05, 4.69) is 15.1 Å². The smallest absolute Gasteiger partial charge is 0.278 e. The van der Waals surface area contributed by atoms with Gasteiger partial charge < -0.3 is 15.0 Å². The molecule has 3 rings (SSSR count). The number of anilines is 1. The number of hydrogen-bond donors (Lipinski definition) is 1. The van der Waals surface area contributed by atoms with Crippen molar-refractivity contribution < 1.29 is 9.26 Å². The van der Waals surface area contributed by atoms with Crippen molar-refractivity contribution in [1.82, 2.24) is 15.1 Å². The quantitative estimate of drug-likeness (QED) is 0.879. The Balaban J connectivity index is 1.87. The van der Waals surface area contributed by atoms with Gasteiger partial charge in [-0.1, -0.05) is 5.16 Å². The number of ether oxygens (including phenoxy) is 1. The first-order valence-corrected chi connectivity index (χ1v) is 6.74. The molecule has 2 aromatic heterocycles. The highest BCUT2D eigenvalue weighted by Crippen LogP contribution is 2.27. The molecule has 0 aliphatic carbocycles. The predicted molar refractivity (Wildman–Crippen MR) is 68.0 cm³/mol. The Bertz CT molecular complexity index is 539. The molecule has 0 amide bonds. The van der Waals surface area contributed by atoms with E-state index in [-0.39, 0.29) is 6.10 Å². The average molecular weight is 264 g/mol. The number of nitrogens with two attached hydrogens (primary N) is 1. The van der Waals surface area contributed by atoms with E-state index in [1.54, 1.807) is 18.3 Å². The van der Waals surface area contributed by atoms with Gasteiger partial charge in [0.05, 0.1) is 12.3 Å². The molecule has 18 heavy (non-hydrogen) atoms. The van der Waals surface area contributed by atoms with Crippen LogP contribution in [0.2, 0.25) is 0 Å². The van der Waals surface area contributed by atoms with Crippen LogP contribution in [0.15, 0.2) is 22.9 Å². The summed E-state index contributed by atoms with van der Waals surface area (Å²) in [5.74, 6) is 2.75. The molecule has 0 aromatic carbocycles. The van der Waals surface area contributed by atoms with E-state index in [1.165, 1.54) is 0 Å². The van der Waals surface area contributed by atoms with Crippen molar-refractivity contribution in [2.24, 2.45) is 0 Å². The molecule has 0 radical (unpaired) electrons. The van der Waals surface area contributed by atoms with Gasteiger partial charge in [0.2, 0.25) is 5.82 Å². The lowest BCUT2D eigenvalue weighted by molar-refractivity contribution is 0.0677. The standard InChI is InChI=1S/C11H12N4O2S/c12-7-2-1-3-13-9(7)11-14-10(15-17-11)8-6-18-5-4-16-8/h1-3,8H,4-6,12H2. The fourth-order valence-electron chi connectivity index (χ4n) is 1.70. The van der Waals surface area contributed by atoms with Gasteiger partial charge in [-0.3, -0.25) is 0 Å². The first kappa shape index (κ1) is 11.5. The van der Waals surface area contributed by atoms with Crippen LogP contribution in [0.3, 0.4) is 0 Å². The molecule has 3 heterocycles. The van der Waals surface area contributed by atoms with Gasteiger partial charge >= 0.3 is 0 Å². The fraction of sp³-hybridized carbons (Fsp3) is 0.364. The molecular formula is C11H12N4O2S. The van der Waals surface area contributed by atoms with Gasteiger partial charge in [0.1, 0.15) is 6.10 Å². The third-order valence-electron chi connectivity index (χ3n) is 2.59. The van der Waals surface area contributed by atoms with Gasteiger partial charge in [-0.15, -0.1) is 0 Å². The van der Waals surface area contributed by atoms with Crippen LogP contribution in [0.25, 0.3) is 11.6 Å². The zero-order chi connectivity index (χ0) is 12.4. The second-order valence-corrected chi connectivity index (χ2v) is 4.98. The lowest BCUT2D eigenvalue weighted by Crippen LogP contribution is -2.16. The Morgan fingerprint density at radius 2 is 2.39 bits per heavy atom. The SMILES string of the molecule is Nc1cccnc1-c1nc(C2CSCCO2)no1. The van der Waals surface area contributed by atoms with Crippen LogP contribution in [0.5, 0.6) is 0 Å². The van der Waals surface area contributed by atoms with Crippen LogP contribution in [-0.4, -0.2) is 33.2 Å². The molecule has 1 fully saturated rings. The summed E-state index contributed by atoms with van der Waals surface area (Å²) in [6.45, 7) is 0.713. The Morgan fingerprint density at radius 3 is 3.17 bits per heavy atom. The van der Waals surface area contributed by atoms with Crippen molar-refractivity contribution in [2.75, 3.05) is 23.8 Å². The predicted octanol–water partition coefficient (Wildman–Crippen LogP) is 1.52. The molecule has 0 saturated carbocycles. The summed E-state index contributed by atoms with van der Waals surface area (Å²) in [7, 11) is 0. The van der Waals surface area contributed by atoms with Crippen molar-refractivity contribution in [1.29, 1.82) is 0 Å². The van der Waals surface area contributed by atoms with Crippen LogP contribution in [-0.2, 0) is 4.74 Å². The summed E-state index contributed by atoms with van der Waals surface area (Å²) in [4.78, 5) is 8.45. The van der Waals surface area contributed by atoms with E-state index in [0.717, 1.165) is 11.5 Å². The maximum atomic E-state index is 5.81. The number of hydrogen-bond acceptors (Lipinski definition) is 7. The summed E-state index contributed by atoms with van der Waals surface area (Å²) >= 11 is 1.82. The second-order valence-electron chi connectivity index (χ2n) is 3.83. The molecule has 1 saturated heterocycles. The van der Waals surface area contributed by atoms with Gasteiger partial charge in [0, 0.05) is 17.7 Å². The zero-order valence-corrected chi connectivity index (χ0v) is 10.4. The number of nitrogen functional groups attached to an aromatic ring is 1. The molecule has 1 aliphatic rings. The van der Waals surface area contributed by atoms with Crippen molar-refractivity contribution in [3.8, 4) is 11.6 Å². The van der Waals surface area contributed by atoms with Gasteiger partial charge in [-0.25, -0.2) is 4.98 Å². The Kier molecular flexibility index (Phi) is 3.16. The number of pyridine rings is 1. The van der Waals surface area contributed by atoms with E-state index in [9.17, 15) is 0 Å². The van der Waals surface area contributed by atoms with E-state index in [4.69, 9.17) is 15.0 Å². The first-order chi connectivity index (χ1) is 8.84. The summed E-state index contributed by atoms with van der Waals surface area (Å²) in [6, 6.07) is 3.51. The number of aromatic nitrogens is 3. The molecule has 2 N–H and O–H groups in total. The van der Waals surface area contributed by atoms with Crippen LogP contribution < -0.4 is 5.73 Å². The fourth-order valence-corrected chi connectivity index (χ4v) is 2.54. The highest BCUT2D eigenvalue weighted by atomic mass is 32.2. The lowest BCUT2D eigenvalue weighted by Gasteiger charge is -2.18. The Morgan fingerprint density at radius 1 is 1.44 bits per heavy atom. The zero-order valence-electron chi connectivity index (χ0n) is 9.57. The molecule has 1 aliphatic heterocycles. The van der Waals surface area contributed by atoms with Crippen molar-refractivity contribution >= 4 is 17.4 Å². The molecule has 0 spiro atoms. The lowest BCUT2D eigenvalue weighted by atomic mass is 10.3. The minimum Gasteiger partial charge on any atom is -0.397 e. The number of rotatable bonds is 2. The summed E-state index contributed by atoms with van der Waals surface area (Å²) in [5, 5.41) is 3.94. The molecule has 94 valence electrons. The Hall–Kier alpha value is -1.60. The van der Waals surface area contributed by atoms with E-state index < -0.39 is 0 Å². The third kappa shape index (κ3) is 2.19. The van der Waals surface area contributed by atoms with Gasteiger partial charge in [-0.2, -0.15) is 16.7 Å². The summed E-state index contributed by atoms with van der Waals surface area (Å²) < 4.78 is 10.8. The van der Waals surface area contributed by atoms with E-state index >= 15 is 0 Å². The molecule has 1 unspecified atom stereocenters. The molecule has 1 atom stereocenters. The van der Waals surface area contributed by atoms with Gasteiger partial charge in [-0.05, 0) is 12.1 Å². The van der Waals surface area contributed by atoms with Crippen molar-refractivity contribution in [2.45, 2.75) is 6.10 Å². The summed E-state index contributed by atoms with van der Waals surface area (Å²) in [6.07, 6.45) is 1.54. The molecule has 7 heteroatoms. The van der Waals surface area contributed by atoms with Gasteiger partial charge in [0.25, 0.3) is 5.89 Å². The minimum atomic E-state index is -0.105. The number of nitrogens with zero attached hydrogens (tertiary/aromatic N) is 3. The minimum absolute atomic E-state index is 0.105. The molecular weight excluding hydrogens is 252 g/mol. The highest BCUT2D eigenvalue weighted by Gasteiger charge is 2.23. The van der Waals surface area contributed by atoms with Crippen molar-refractivity contribution in [3.63, 3.8) is 0 Å². The van der Waals surface area contributed by atoms with Crippen LogP contribution >= 0.6 is 11.8 Å².